The molecule has 1 aliphatic heterocycles. The number of rotatable bonds is 3. The van der Waals surface area contributed by atoms with E-state index in [-0.39, 0.29) is 12.5 Å². The lowest BCUT2D eigenvalue weighted by Gasteiger charge is -2.21. The average molecular weight is 224 g/mol. The maximum absolute atomic E-state index is 11.7. The molecule has 1 aromatic rings. The molecule has 3 N–H and O–H groups in total. The third kappa shape index (κ3) is 2.23. The Labute approximate surface area is 93.7 Å². The van der Waals surface area contributed by atoms with E-state index in [1.54, 1.807) is 17.9 Å². The highest BCUT2D eigenvalue weighted by Gasteiger charge is 2.31. The first kappa shape index (κ1) is 11.1. The first-order chi connectivity index (χ1) is 7.61. The number of β-amino-alcohol motifs (C(OH)–C–C–N with tert-alkyl or cyclic N) is 1. The van der Waals surface area contributed by atoms with Crippen LogP contribution in [-0.2, 0) is 7.05 Å². The summed E-state index contributed by atoms with van der Waals surface area (Å²) in [7, 11) is 1.76. The molecule has 0 bridgehead atoms. The van der Waals surface area contributed by atoms with Crippen LogP contribution < -0.4 is 10.6 Å². The Bertz CT molecular complexity index is 382. The summed E-state index contributed by atoms with van der Waals surface area (Å²) in [6.07, 6.45) is 3.74. The Morgan fingerprint density at radius 3 is 3.19 bits per heavy atom. The summed E-state index contributed by atoms with van der Waals surface area (Å²) >= 11 is 0. The molecule has 1 aliphatic rings. The lowest BCUT2D eigenvalue weighted by molar-refractivity contribution is 0.0559. The van der Waals surface area contributed by atoms with E-state index in [1.807, 2.05) is 0 Å². The van der Waals surface area contributed by atoms with Gasteiger partial charge in [0.25, 0.3) is 5.91 Å². The predicted molar refractivity (Wildman–Crippen MR) is 58.0 cm³/mol. The number of aryl methyl sites for hydroxylation is 1. The highest BCUT2D eigenvalue weighted by molar-refractivity contribution is 5.92. The van der Waals surface area contributed by atoms with Gasteiger partial charge in [0.15, 0.2) is 0 Å². The fourth-order valence-electron chi connectivity index (χ4n) is 1.79. The van der Waals surface area contributed by atoms with Crippen molar-refractivity contribution >= 4 is 5.91 Å². The van der Waals surface area contributed by atoms with Crippen LogP contribution in [-0.4, -0.2) is 45.8 Å². The molecular weight excluding hydrogens is 208 g/mol. The molecule has 88 valence electrons. The van der Waals surface area contributed by atoms with Gasteiger partial charge in [-0.3, -0.25) is 4.79 Å². The first-order valence-corrected chi connectivity index (χ1v) is 5.28. The van der Waals surface area contributed by atoms with Crippen molar-refractivity contribution in [1.29, 1.82) is 0 Å². The SMILES string of the molecule is Cn1cncc1C(=O)NCC1(O)CCNC1. The Balaban J connectivity index is 1.91. The highest BCUT2D eigenvalue weighted by Crippen LogP contribution is 2.12. The molecule has 2 rings (SSSR count). The predicted octanol–water partition coefficient (Wildman–Crippen LogP) is -1.13. The van der Waals surface area contributed by atoms with Gasteiger partial charge in [-0.2, -0.15) is 0 Å². The largest absolute Gasteiger partial charge is 0.387 e. The number of aliphatic hydroxyl groups is 1. The van der Waals surface area contributed by atoms with Crippen LogP contribution in [0.15, 0.2) is 12.5 Å². The van der Waals surface area contributed by atoms with Crippen molar-refractivity contribution in [2.45, 2.75) is 12.0 Å². The number of nitrogens with zero attached hydrogens (tertiary/aromatic N) is 2. The van der Waals surface area contributed by atoms with E-state index >= 15 is 0 Å². The van der Waals surface area contributed by atoms with Crippen LogP contribution in [0.5, 0.6) is 0 Å². The molecule has 0 saturated carbocycles. The van der Waals surface area contributed by atoms with E-state index < -0.39 is 5.60 Å². The van der Waals surface area contributed by atoms with Crippen molar-refractivity contribution in [3.8, 4) is 0 Å². The fraction of sp³-hybridized carbons (Fsp3) is 0.600. The minimum absolute atomic E-state index is 0.208. The van der Waals surface area contributed by atoms with E-state index in [9.17, 15) is 9.90 Å². The van der Waals surface area contributed by atoms with Gasteiger partial charge < -0.3 is 20.3 Å². The zero-order valence-corrected chi connectivity index (χ0v) is 9.23. The molecule has 6 heteroatoms. The quantitative estimate of drug-likeness (QED) is 0.607. The zero-order chi connectivity index (χ0) is 11.6. The summed E-state index contributed by atoms with van der Waals surface area (Å²) in [6.45, 7) is 1.58. The molecule has 0 aromatic carbocycles. The molecule has 16 heavy (non-hydrogen) atoms. The van der Waals surface area contributed by atoms with E-state index in [2.05, 4.69) is 15.6 Å². The second kappa shape index (κ2) is 4.23. The molecule has 1 aromatic heterocycles. The van der Waals surface area contributed by atoms with E-state index in [0.717, 1.165) is 6.54 Å². The second-order valence-corrected chi connectivity index (χ2v) is 4.22. The standard InChI is InChI=1S/C10H16N4O2/c1-14-7-12-4-8(14)9(15)13-6-10(16)2-3-11-5-10/h4,7,11,16H,2-3,5-6H2,1H3,(H,13,15). The first-order valence-electron chi connectivity index (χ1n) is 5.28. The number of imidazole rings is 1. The van der Waals surface area contributed by atoms with Gasteiger partial charge in [0.05, 0.1) is 18.1 Å². The lowest BCUT2D eigenvalue weighted by Crippen LogP contribution is -2.44. The van der Waals surface area contributed by atoms with Gasteiger partial charge in [-0.05, 0) is 13.0 Å². The summed E-state index contributed by atoms with van der Waals surface area (Å²) < 4.78 is 1.65. The van der Waals surface area contributed by atoms with Crippen LogP contribution in [0.4, 0.5) is 0 Å². The zero-order valence-electron chi connectivity index (χ0n) is 9.23. The molecule has 2 heterocycles. The van der Waals surface area contributed by atoms with Gasteiger partial charge in [0.2, 0.25) is 0 Å². The van der Waals surface area contributed by atoms with Crippen LogP contribution in [0.2, 0.25) is 0 Å². The summed E-state index contributed by atoms with van der Waals surface area (Å²) in [4.78, 5) is 15.6. The van der Waals surface area contributed by atoms with Gasteiger partial charge in [-0.1, -0.05) is 0 Å². The number of amides is 1. The van der Waals surface area contributed by atoms with Crippen LogP contribution in [0.1, 0.15) is 16.9 Å². The Morgan fingerprint density at radius 2 is 2.62 bits per heavy atom. The number of hydrogen-bond donors (Lipinski definition) is 3. The second-order valence-electron chi connectivity index (χ2n) is 4.22. The van der Waals surface area contributed by atoms with Crippen molar-refractivity contribution in [2.24, 2.45) is 7.05 Å². The minimum Gasteiger partial charge on any atom is -0.387 e. The van der Waals surface area contributed by atoms with Gasteiger partial charge >= 0.3 is 0 Å². The van der Waals surface area contributed by atoms with Crippen molar-refractivity contribution in [3.63, 3.8) is 0 Å². The van der Waals surface area contributed by atoms with Gasteiger partial charge in [0, 0.05) is 20.1 Å². The van der Waals surface area contributed by atoms with Crippen molar-refractivity contribution in [3.05, 3.63) is 18.2 Å². The Kier molecular flexibility index (Phi) is 2.93. The van der Waals surface area contributed by atoms with Crippen LogP contribution in [0.25, 0.3) is 0 Å². The number of aromatic nitrogens is 2. The molecular formula is C10H16N4O2. The Morgan fingerprint density at radius 1 is 1.81 bits per heavy atom. The maximum Gasteiger partial charge on any atom is 0.269 e. The highest BCUT2D eigenvalue weighted by atomic mass is 16.3. The molecule has 1 atom stereocenters. The normalized spacial score (nSPS) is 24.6. The number of hydrogen-bond acceptors (Lipinski definition) is 4. The minimum atomic E-state index is -0.811. The van der Waals surface area contributed by atoms with E-state index in [4.69, 9.17) is 0 Å². The third-order valence-corrected chi connectivity index (χ3v) is 2.85. The summed E-state index contributed by atoms with van der Waals surface area (Å²) in [5.41, 5.74) is -0.316. The molecule has 0 spiro atoms. The number of carbonyl (C=O) groups excluding carboxylic acids is 1. The summed E-state index contributed by atoms with van der Waals surface area (Å²) in [5.74, 6) is -0.208. The lowest BCUT2D eigenvalue weighted by atomic mass is 10.0. The van der Waals surface area contributed by atoms with Crippen molar-refractivity contribution in [1.82, 2.24) is 20.2 Å². The number of carbonyl (C=O) groups is 1. The molecule has 0 radical (unpaired) electrons. The topological polar surface area (TPSA) is 79.2 Å². The molecule has 1 unspecified atom stereocenters. The van der Waals surface area contributed by atoms with E-state index in [0.29, 0.717) is 18.7 Å². The van der Waals surface area contributed by atoms with Crippen molar-refractivity contribution in [2.75, 3.05) is 19.6 Å². The van der Waals surface area contributed by atoms with Crippen molar-refractivity contribution < 1.29 is 9.90 Å². The smallest absolute Gasteiger partial charge is 0.269 e. The monoisotopic (exact) mass is 224 g/mol. The molecule has 1 fully saturated rings. The Hall–Kier alpha value is -1.40. The molecule has 1 saturated heterocycles. The van der Waals surface area contributed by atoms with Gasteiger partial charge in [-0.15, -0.1) is 0 Å². The van der Waals surface area contributed by atoms with E-state index in [1.165, 1.54) is 6.20 Å². The summed E-state index contributed by atoms with van der Waals surface area (Å²) in [5, 5.41) is 15.8. The maximum atomic E-state index is 11.7. The average Bonchev–Trinajstić information content (AvgIpc) is 2.85. The van der Waals surface area contributed by atoms with Gasteiger partial charge in [-0.25, -0.2) is 4.98 Å². The van der Waals surface area contributed by atoms with Gasteiger partial charge in [0.1, 0.15) is 5.69 Å². The van der Waals surface area contributed by atoms with Crippen LogP contribution in [0, 0.1) is 0 Å². The van der Waals surface area contributed by atoms with Crippen LogP contribution in [0.3, 0.4) is 0 Å². The molecule has 0 aliphatic carbocycles. The fourth-order valence-corrected chi connectivity index (χ4v) is 1.79. The molecule has 6 nitrogen and oxygen atoms in total. The molecule has 1 amide bonds. The van der Waals surface area contributed by atoms with Crippen LogP contribution >= 0.6 is 0 Å². The third-order valence-electron chi connectivity index (χ3n) is 2.85. The number of nitrogens with one attached hydrogen (secondary N) is 2. The summed E-state index contributed by atoms with van der Waals surface area (Å²) in [6, 6.07) is 0.